The smallest absolute Gasteiger partial charge is 0.324 e. The largest absolute Gasteiger partial charge is 0.333 e. The number of halogens is 5. The number of nitrogens with one attached hydrogen (secondary N) is 1. The van der Waals surface area contributed by atoms with Gasteiger partial charge in [0.15, 0.2) is 11.5 Å². The zero-order valence-electron chi connectivity index (χ0n) is 19.9. The van der Waals surface area contributed by atoms with Crippen molar-refractivity contribution < 1.29 is 22.4 Å². The molecule has 0 aliphatic heterocycles. The Morgan fingerprint density at radius 1 is 1.13 bits per heavy atom. The third-order valence-electron chi connectivity index (χ3n) is 6.75. The summed E-state index contributed by atoms with van der Waals surface area (Å²) in [7, 11) is 0. The number of anilines is 1. The molecule has 0 unspecified atom stereocenters. The second kappa shape index (κ2) is 9.08. The van der Waals surface area contributed by atoms with E-state index in [-0.39, 0.29) is 34.2 Å². The third kappa shape index (κ3) is 4.07. The molecule has 0 fully saturated rings. The molecule has 5 aromatic heterocycles. The number of alkyl halides is 2. The Kier molecular flexibility index (Phi) is 5.79. The number of fused-ring (bicyclic) bond motifs is 3. The molecule has 0 bridgehead atoms. The number of pyridine rings is 1. The summed E-state index contributed by atoms with van der Waals surface area (Å²) in [6.45, 7) is -1.12. The molecule has 1 aliphatic rings. The first-order valence-corrected chi connectivity index (χ1v) is 11.8. The maximum absolute atomic E-state index is 14.1. The van der Waals surface area contributed by atoms with Gasteiger partial charge in [0.05, 0.1) is 40.9 Å². The van der Waals surface area contributed by atoms with Crippen LogP contribution in [0.3, 0.4) is 0 Å². The van der Waals surface area contributed by atoms with E-state index >= 15 is 0 Å². The SMILES string of the molecule is C[C@]1(c2cnn(C(F)F)c2)C[C@@H](C(=O)Nc2cnc(-c3ncncc3F)c(Cl)c2)c2cnc3cc(F)nn3c21. The van der Waals surface area contributed by atoms with E-state index in [1.165, 1.54) is 35.4 Å². The van der Waals surface area contributed by atoms with Crippen molar-refractivity contribution in [2.75, 3.05) is 5.32 Å². The number of hydrogen-bond acceptors (Lipinski definition) is 7. The standard InChI is InChI=1S/C24H16ClF4N9O/c1-24(11-5-34-37(9-11)23(28)29)4-13(14-7-31-18-3-17(27)36-38(18)21(14)24)22(39)35-12-2-15(25)19(32-6-12)20-16(26)8-30-10-33-20/h2-3,5-10,13,23H,4H2,1H3,(H,35,39)/t13-,24-/m1/s1. The van der Waals surface area contributed by atoms with Crippen LogP contribution in [0.5, 0.6) is 0 Å². The maximum atomic E-state index is 14.1. The van der Waals surface area contributed by atoms with Crippen molar-refractivity contribution in [3.8, 4) is 11.4 Å². The van der Waals surface area contributed by atoms with Crippen LogP contribution in [0.1, 0.15) is 42.6 Å². The molecule has 0 saturated carbocycles. The van der Waals surface area contributed by atoms with E-state index in [9.17, 15) is 22.4 Å². The fraction of sp³-hybridized carbons (Fsp3) is 0.208. The van der Waals surface area contributed by atoms with E-state index in [0.717, 1.165) is 18.6 Å². The van der Waals surface area contributed by atoms with Crippen molar-refractivity contribution in [2.45, 2.75) is 31.2 Å². The average molecular weight is 558 g/mol. The van der Waals surface area contributed by atoms with Gasteiger partial charge >= 0.3 is 6.55 Å². The van der Waals surface area contributed by atoms with Crippen LogP contribution in [0.25, 0.3) is 17.0 Å². The lowest BCUT2D eigenvalue weighted by Gasteiger charge is -2.24. The Bertz CT molecular complexity index is 1760. The number of hydrogen-bond donors (Lipinski definition) is 1. The normalized spacial score (nSPS) is 18.6. The highest BCUT2D eigenvalue weighted by atomic mass is 35.5. The molecule has 1 aliphatic carbocycles. The molecule has 2 atom stereocenters. The summed E-state index contributed by atoms with van der Waals surface area (Å²) in [5.74, 6) is -2.81. The van der Waals surface area contributed by atoms with E-state index in [1.54, 1.807) is 6.92 Å². The first-order chi connectivity index (χ1) is 18.7. The topological polar surface area (TPSA) is 116 Å². The van der Waals surface area contributed by atoms with Gasteiger partial charge in [0, 0.05) is 35.0 Å². The van der Waals surface area contributed by atoms with Crippen LogP contribution < -0.4 is 5.32 Å². The van der Waals surface area contributed by atoms with Crippen LogP contribution in [0, 0.1) is 11.8 Å². The summed E-state index contributed by atoms with van der Waals surface area (Å²) in [6, 6.07) is 2.53. The minimum atomic E-state index is -2.86. The molecule has 0 radical (unpaired) electrons. The van der Waals surface area contributed by atoms with Crippen molar-refractivity contribution in [2.24, 2.45) is 0 Å². The summed E-state index contributed by atoms with van der Waals surface area (Å²) in [5.41, 5.74) is 0.602. The monoisotopic (exact) mass is 557 g/mol. The number of carbonyl (C=O) groups is 1. The molecule has 15 heteroatoms. The number of nitrogens with zero attached hydrogens (tertiary/aromatic N) is 8. The van der Waals surface area contributed by atoms with Gasteiger partial charge in [-0.1, -0.05) is 11.6 Å². The molecule has 5 heterocycles. The predicted molar refractivity (Wildman–Crippen MR) is 129 cm³/mol. The average Bonchev–Trinajstić information content (AvgIpc) is 3.61. The summed E-state index contributed by atoms with van der Waals surface area (Å²) >= 11 is 6.31. The van der Waals surface area contributed by atoms with Gasteiger partial charge in [0.25, 0.3) is 0 Å². The van der Waals surface area contributed by atoms with Crippen molar-refractivity contribution in [3.05, 3.63) is 83.1 Å². The summed E-state index contributed by atoms with van der Waals surface area (Å²) in [5, 5.41) is 10.4. The minimum absolute atomic E-state index is 0.0388. The van der Waals surface area contributed by atoms with Crippen LogP contribution in [0.2, 0.25) is 5.02 Å². The summed E-state index contributed by atoms with van der Waals surface area (Å²) < 4.78 is 56.6. The molecule has 0 aromatic carbocycles. The van der Waals surface area contributed by atoms with E-state index in [4.69, 9.17) is 11.6 Å². The highest BCUT2D eigenvalue weighted by Crippen LogP contribution is 2.50. The van der Waals surface area contributed by atoms with E-state index in [0.29, 0.717) is 21.5 Å². The minimum Gasteiger partial charge on any atom is -0.324 e. The molecule has 10 nitrogen and oxygen atoms in total. The van der Waals surface area contributed by atoms with E-state index in [2.05, 4.69) is 35.5 Å². The van der Waals surface area contributed by atoms with E-state index < -0.39 is 35.6 Å². The molecule has 5 aromatic rings. The van der Waals surface area contributed by atoms with Gasteiger partial charge in [-0.15, -0.1) is 5.10 Å². The predicted octanol–water partition coefficient (Wildman–Crippen LogP) is 4.54. The third-order valence-corrected chi connectivity index (χ3v) is 7.04. The molecule has 1 N–H and O–H groups in total. The van der Waals surface area contributed by atoms with Crippen LogP contribution in [-0.4, -0.2) is 45.2 Å². The molecule has 0 saturated heterocycles. The number of aromatic nitrogens is 8. The van der Waals surface area contributed by atoms with Crippen LogP contribution in [-0.2, 0) is 10.2 Å². The fourth-order valence-corrected chi connectivity index (χ4v) is 5.21. The second-order valence-corrected chi connectivity index (χ2v) is 9.54. The van der Waals surface area contributed by atoms with Crippen LogP contribution >= 0.6 is 11.6 Å². The lowest BCUT2D eigenvalue weighted by Crippen LogP contribution is -2.25. The molecule has 1 amide bonds. The Hall–Kier alpha value is -4.46. The zero-order chi connectivity index (χ0) is 27.5. The zero-order valence-corrected chi connectivity index (χ0v) is 20.6. The van der Waals surface area contributed by atoms with Gasteiger partial charge in [0.1, 0.15) is 17.7 Å². The molecule has 0 spiro atoms. The highest BCUT2D eigenvalue weighted by Gasteiger charge is 2.48. The Labute approximate surface area is 221 Å². The van der Waals surface area contributed by atoms with Crippen LogP contribution in [0.4, 0.5) is 23.2 Å². The lowest BCUT2D eigenvalue weighted by atomic mass is 9.80. The van der Waals surface area contributed by atoms with Gasteiger partial charge < -0.3 is 5.32 Å². The lowest BCUT2D eigenvalue weighted by molar-refractivity contribution is -0.117. The van der Waals surface area contributed by atoms with Gasteiger partial charge in [-0.2, -0.15) is 18.3 Å². The Morgan fingerprint density at radius 2 is 1.95 bits per heavy atom. The van der Waals surface area contributed by atoms with Crippen molar-refractivity contribution in [1.82, 2.24) is 39.3 Å². The van der Waals surface area contributed by atoms with E-state index in [1.807, 2.05) is 0 Å². The first-order valence-electron chi connectivity index (χ1n) is 11.5. The molecular formula is C24H16ClF4N9O. The summed E-state index contributed by atoms with van der Waals surface area (Å²) in [6.07, 6.45) is 7.48. The van der Waals surface area contributed by atoms with Gasteiger partial charge in [-0.25, -0.2) is 28.5 Å². The fourth-order valence-electron chi connectivity index (χ4n) is 4.96. The molecule has 198 valence electrons. The van der Waals surface area contributed by atoms with Crippen molar-refractivity contribution in [3.63, 3.8) is 0 Å². The Morgan fingerprint density at radius 3 is 2.67 bits per heavy atom. The van der Waals surface area contributed by atoms with Gasteiger partial charge in [0.2, 0.25) is 11.9 Å². The second-order valence-electron chi connectivity index (χ2n) is 9.14. The molecular weight excluding hydrogens is 542 g/mol. The van der Waals surface area contributed by atoms with Gasteiger partial charge in [-0.3, -0.25) is 9.78 Å². The van der Waals surface area contributed by atoms with Crippen molar-refractivity contribution in [1.29, 1.82) is 0 Å². The molecule has 39 heavy (non-hydrogen) atoms. The van der Waals surface area contributed by atoms with Crippen molar-refractivity contribution >= 4 is 28.8 Å². The molecule has 6 rings (SSSR count). The quantitative estimate of drug-likeness (QED) is 0.315. The first kappa shape index (κ1) is 24.9. The number of amides is 1. The van der Waals surface area contributed by atoms with Gasteiger partial charge in [-0.05, 0) is 19.4 Å². The summed E-state index contributed by atoms with van der Waals surface area (Å²) in [4.78, 5) is 29.4. The number of rotatable bonds is 5. The number of carbonyl (C=O) groups excluding carboxylic acids is 1. The Balaban J connectivity index is 1.37. The highest BCUT2D eigenvalue weighted by molar-refractivity contribution is 6.33. The maximum Gasteiger partial charge on any atom is 0.333 e. The van der Waals surface area contributed by atoms with Crippen LogP contribution in [0.15, 0.2) is 49.4 Å².